The third-order valence-electron chi connectivity index (χ3n) is 2.10. The molecule has 2 atom stereocenters. The van der Waals surface area contributed by atoms with Gasteiger partial charge in [-0.3, -0.25) is 0 Å². The lowest BCUT2D eigenvalue weighted by molar-refractivity contribution is 0.119. The average Bonchev–Trinajstić information content (AvgIpc) is 2.17. The second kappa shape index (κ2) is 4.81. The molecule has 1 aliphatic heterocycles. The molecule has 0 saturated carbocycles. The molecule has 2 nitrogen and oxygen atoms in total. The van der Waals surface area contributed by atoms with Crippen molar-refractivity contribution in [3.8, 4) is 0 Å². The lowest BCUT2D eigenvalue weighted by Gasteiger charge is -2.15. The van der Waals surface area contributed by atoms with Gasteiger partial charge in [0.25, 0.3) is 0 Å². The van der Waals surface area contributed by atoms with E-state index in [1.54, 1.807) is 6.07 Å². The topological polar surface area (TPSA) is 18.5 Å². The largest absolute Gasteiger partial charge is 0.522 e. The smallest absolute Gasteiger partial charge is 0.207 e. The van der Waals surface area contributed by atoms with Crippen LogP contribution in [0.1, 0.15) is 18.1 Å². The van der Waals surface area contributed by atoms with Crippen LogP contribution in [0.25, 0.3) is 0 Å². The van der Waals surface area contributed by atoms with Gasteiger partial charge in [-0.1, -0.05) is 17.7 Å². The van der Waals surface area contributed by atoms with E-state index in [0.29, 0.717) is 18.1 Å². The highest BCUT2D eigenvalue weighted by molar-refractivity contribution is 8.00. The molecule has 2 rings (SSSR count). The highest BCUT2D eigenvalue weighted by Gasteiger charge is 2.31. The summed E-state index contributed by atoms with van der Waals surface area (Å²) in [6.45, 7) is 0.563. The van der Waals surface area contributed by atoms with Crippen LogP contribution in [0, 0.1) is 5.82 Å². The Kier molecular flexibility index (Phi) is 3.65. The molecule has 2 unspecified atom stereocenters. The fraction of sp³-hybridized carbons (Fsp3) is 0.333. The van der Waals surface area contributed by atoms with Crippen molar-refractivity contribution in [3.63, 3.8) is 0 Å². The van der Waals surface area contributed by atoms with Gasteiger partial charge in [-0.25, -0.2) is 4.39 Å². The third-order valence-corrected chi connectivity index (χ3v) is 3.82. The molecule has 80 valence electrons. The van der Waals surface area contributed by atoms with E-state index in [1.165, 1.54) is 12.1 Å². The van der Waals surface area contributed by atoms with Crippen molar-refractivity contribution in [2.45, 2.75) is 12.5 Å². The summed E-state index contributed by atoms with van der Waals surface area (Å²) in [5.41, 5.74) is 0.777. The zero-order valence-corrected chi connectivity index (χ0v) is 10.1. The van der Waals surface area contributed by atoms with E-state index in [0.717, 1.165) is 5.56 Å². The fourth-order valence-corrected chi connectivity index (χ4v) is 2.96. The van der Waals surface area contributed by atoms with Gasteiger partial charge in [0.1, 0.15) is 18.5 Å². The van der Waals surface area contributed by atoms with Crippen LogP contribution in [0.5, 0.6) is 0 Å². The Bertz CT molecular complexity index is 402. The summed E-state index contributed by atoms with van der Waals surface area (Å²) in [6.07, 6.45) is 0.524. The molecule has 1 aromatic rings. The molecule has 0 bridgehead atoms. The van der Waals surface area contributed by atoms with Crippen LogP contribution in [0.4, 0.5) is 4.39 Å². The Morgan fingerprint density at radius 1 is 1.53 bits per heavy atom. The van der Waals surface area contributed by atoms with Crippen LogP contribution in [0.2, 0.25) is 5.02 Å². The molecule has 6 heteroatoms. The summed E-state index contributed by atoms with van der Waals surface area (Å²) in [5.74, 6) is -0.351. The molecule has 1 saturated heterocycles. The van der Waals surface area contributed by atoms with Crippen molar-refractivity contribution in [1.29, 1.82) is 0 Å². The van der Waals surface area contributed by atoms with E-state index in [9.17, 15) is 4.39 Å². The van der Waals surface area contributed by atoms with Gasteiger partial charge >= 0.3 is 7.15 Å². The zero-order valence-electron chi connectivity index (χ0n) is 7.65. The van der Waals surface area contributed by atoms with Crippen molar-refractivity contribution < 1.29 is 13.4 Å². The van der Waals surface area contributed by atoms with E-state index in [-0.39, 0.29) is 11.9 Å². The van der Waals surface area contributed by atoms with Crippen LogP contribution >= 0.6 is 18.8 Å². The molecular formula is C9H8ClFO2PS+. The summed E-state index contributed by atoms with van der Waals surface area (Å²) in [6, 6.07) is 4.28. The van der Waals surface area contributed by atoms with Gasteiger partial charge in [0.2, 0.25) is 11.8 Å². The van der Waals surface area contributed by atoms with E-state index in [1.807, 2.05) is 0 Å². The van der Waals surface area contributed by atoms with Gasteiger partial charge < -0.3 is 0 Å². The van der Waals surface area contributed by atoms with Crippen molar-refractivity contribution in [2.75, 3.05) is 6.61 Å². The third kappa shape index (κ3) is 2.71. The quantitative estimate of drug-likeness (QED) is 0.721. The predicted octanol–water partition coefficient (Wildman–Crippen LogP) is 3.73. The molecule has 0 aliphatic carbocycles. The number of benzene rings is 1. The van der Waals surface area contributed by atoms with Crippen LogP contribution in [0.3, 0.4) is 0 Å². The van der Waals surface area contributed by atoms with Crippen LogP contribution in [-0.4, -0.2) is 6.61 Å². The highest BCUT2D eigenvalue weighted by Crippen LogP contribution is 2.42. The number of halogens is 2. The molecule has 0 N–H and O–H groups in total. The molecule has 1 aromatic carbocycles. The van der Waals surface area contributed by atoms with E-state index < -0.39 is 7.15 Å². The first-order valence-electron chi connectivity index (χ1n) is 4.39. The SMILES string of the molecule is Fc1ccc(C2CCO[P+](=S)O2)c(Cl)c1. The Morgan fingerprint density at radius 2 is 2.33 bits per heavy atom. The van der Waals surface area contributed by atoms with Gasteiger partial charge in [0.15, 0.2) is 0 Å². The molecular weight excluding hydrogens is 258 g/mol. The monoisotopic (exact) mass is 265 g/mol. The minimum atomic E-state index is -1.24. The summed E-state index contributed by atoms with van der Waals surface area (Å²) in [4.78, 5) is 0. The molecule has 0 aromatic heterocycles. The number of rotatable bonds is 1. The molecule has 0 spiro atoms. The Hall–Kier alpha value is -0.120. The van der Waals surface area contributed by atoms with Crippen LogP contribution in [-0.2, 0) is 20.9 Å². The second-order valence-electron chi connectivity index (χ2n) is 3.11. The van der Waals surface area contributed by atoms with Crippen molar-refractivity contribution in [3.05, 3.63) is 34.6 Å². The molecule has 15 heavy (non-hydrogen) atoms. The Balaban J connectivity index is 2.24. The minimum Gasteiger partial charge on any atom is -0.207 e. The molecule has 0 amide bonds. The summed E-state index contributed by atoms with van der Waals surface area (Å²) in [7, 11) is -1.24. The van der Waals surface area contributed by atoms with Crippen LogP contribution < -0.4 is 0 Å². The average molecular weight is 266 g/mol. The maximum absolute atomic E-state index is 12.8. The minimum absolute atomic E-state index is 0.171. The van der Waals surface area contributed by atoms with Gasteiger partial charge in [0.05, 0.1) is 0 Å². The van der Waals surface area contributed by atoms with E-state index in [2.05, 4.69) is 0 Å². The Morgan fingerprint density at radius 3 is 3.00 bits per heavy atom. The first-order valence-corrected chi connectivity index (χ1v) is 6.95. The highest BCUT2D eigenvalue weighted by atomic mass is 35.5. The predicted molar refractivity (Wildman–Crippen MR) is 60.1 cm³/mol. The van der Waals surface area contributed by atoms with Crippen molar-refractivity contribution >= 4 is 30.6 Å². The summed E-state index contributed by atoms with van der Waals surface area (Å²) in [5, 5.41) is 0.375. The molecule has 0 radical (unpaired) electrons. The maximum atomic E-state index is 12.8. The van der Waals surface area contributed by atoms with Gasteiger partial charge in [-0.2, -0.15) is 0 Å². The van der Waals surface area contributed by atoms with E-state index >= 15 is 0 Å². The normalized spacial score (nSPS) is 24.1. The van der Waals surface area contributed by atoms with Crippen LogP contribution in [0.15, 0.2) is 18.2 Å². The fourth-order valence-electron chi connectivity index (χ4n) is 1.40. The van der Waals surface area contributed by atoms with Gasteiger partial charge in [0, 0.05) is 17.0 Å². The lowest BCUT2D eigenvalue weighted by Crippen LogP contribution is -2.09. The first kappa shape index (κ1) is 11.4. The van der Waals surface area contributed by atoms with E-state index in [4.69, 9.17) is 32.5 Å². The summed E-state index contributed by atoms with van der Waals surface area (Å²) >= 11 is 10.9. The van der Waals surface area contributed by atoms with Crippen molar-refractivity contribution in [1.82, 2.24) is 0 Å². The molecule has 1 aliphatic rings. The first-order chi connectivity index (χ1) is 7.16. The summed E-state index contributed by atoms with van der Waals surface area (Å²) < 4.78 is 23.4. The Labute approximate surface area is 97.9 Å². The standard InChI is InChI=1S/C9H8ClFO2PS/c10-8-5-6(11)1-2-7(8)9-3-4-12-14(15)13-9/h1-2,5,9H,3-4H2/q+1. The second-order valence-corrected chi connectivity index (χ2v) is 5.32. The number of hydrogen-bond donors (Lipinski definition) is 0. The van der Waals surface area contributed by atoms with Gasteiger partial charge in [-0.15, -0.1) is 9.05 Å². The lowest BCUT2D eigenvalue weighted by atomic mass is 10.1. The maximum Gasteiger partial charge on any atom is 0.522 e. The zero-order chi connectivity index (χ0) is 10.8. The van der Waals surface area contributed by atoms with Crippen molar-refractivity contribution in [2.24, 2.45) is 0 Å². The molecule has 1 heterocycles. The van der Waals surface area contributed by atoms with Gasteiger partial charge in [-0.05, 0) is 12.1 Å². The molecule has 1 fully saturated rings. The number of hydrogen-bond acceptors (Lipinski definition) is 3.